The number of nitrogens with zero attached hydrogens (tertiary/aromatic N) is 2. The second-order valence-corrected chi connectivity index (χ2v) is 12.9. The van der Waals surface area contributed by atoms with E-state index in [9.17, 15) is 4.79 Å². The molecule has 0 aromatic heterocycles. The molecule has 0 radical (unpaired) electrons. The number of para-hydroxylation sites is 2. The summed E-state index contributed by atoms with van der Waals surface area (Å²) in [5, 5.41) is 0. The van der Waals surface area contributed by atoms with E-state index in [1.165, 1.54) is 40.0 Å². The molecule has 0 amide bonds. The van der Waals surface area contributed by atoms with Crippen molar-refractivity contribution in [3.63, 3.8) is 0 Å². The van der Waals surface area contributed by atoms with E-state index >= 15 is 0 Å². The van der Waals surface area contributed by atoms with Crippen molar-refractivity contribution in [3.8, 4) is 0 Å². The van der Waals surface area contributed by atoms with Gasteiger partial charge in [-0.2, -0.15) is 4.58 Å². The highest BCUT2D eigenvalue weighted by molar-refractivity contribution is 6.03. The van der Waals surface area contributed by atoms with Crippen molar-refractivity contribution < 1.29 is 14.1 Å². The smallest absolute Gasteiger partial charge is 0.335 e. The molecule has 43 heavy (non-hydrogen) atoms. The van der Waals surface area contributed by atoms with E-state index in [1.54, 1.807) is 0 Å². The minimum Gasteiger partial charge on any atom is -0.423 e. The summed E-state index contributed by atoms with van der Waals surface area (Å²) in [4.78, 5) is 15.1. The molecule has 2 aliphatic heterocycles. The molecule has 1 aliphatic carbocycles. The van der Waals surface area contributed by atoms with Crippen molar-refractivity contribution >= 4 is 23.1 Å². The zero-order valence-electron chi connectivity index (χ0n) is 26.9. The number of carbonyl (C=O) groups excluding carboxylic acids is 1. The lowest BCUT2D eigenvalue weighted by molar-refractivity contribution is -0.437. The van der Waals surface area contributed by atoms with E-state index in [4.69, 9.17) is 4.74 Å². The van der Waals surface area contributed by atoms with Gasteiger partial charge >= 0.3 is 5.97 Å². The highest BCUT2D eigenvalue weighted by Crippen LogP contribution is 2.48. The summed E-state index contributed by atoms with van der Waals surface area (Å²) >= 11 is 0. The Morgan fingerprint density at radius 3 is 2.37 bits per heavy atom. The standard InChI is InChI=1S/C39H47N2O2/c1-8-26-40-32-20-13-11-18-30(32)38(4,5)34(40)24-22-28-16-15-17-29(37(28)43-36(42)10-3)23-25-35-39(6,7)31-19-12-14-21-33(31)41(35)27-9-2/h10-14,18-25H,3,8-9,15-17,26-27H2,1-2,4-7H3/q+1. The van der Waals surface area contributed by atoms with Crippen LogP contribution >= 0.6 is 0 Å². The third-order valence-corrected chi connectivity index (χ3v) is 9.22. The van der Waals surface area contributed by atoms with Gasteiger partial charge in [0.05, 0.1) is 5.41 Å². The third kappa shape index (κ3) is 5.60. The predicted octanol–water partition coefficient (Wildman–Crippen LogP) is 9.21. The zero-order chi connectivity index (χ0) is 30.8. The van der Waals surface area contributed by atoms with Crippen LogP contribution in [0.3, 0.4) is 0 Å². The Balaban J connectivity index is 1.58. The van der Waals surface area contributed by atoms with E-state index < -0.39 is 5.97 Å². The minimum absolute atomic E-state index is 0.121. The molecule has 2 aromatic carbocycles. The van der Waals surface area contributed by atoms with Crippen molar-refractivity contribution in [2.75, 3.05) is 18.0 Å². The van der Waals surface area contributed by atoms with Gasteiger partial charge in [-0.25, -0.2) is 4.79 Å². The Labute approximate surface area is 258 Å². The molecular formula is C39H47N2O2+. The van der Waals surface area contributed by atoms with Crippen molar-refractivity contribution in [3.05, 3.63) is 119 Å². The van der Waals surface area contributed by atoms with Crippen LogP contribution in [0.4, 0.5) is 11.4 Å². The molecule has 0 fully saturated rings. The molecule has 0 saturated heterocycles. The van der Waals surface area contributed by atoms with Gasteiger partial charge in [-0.3, -0.25) is 0 Å². The van der Waals surface area contributed by atoms with Crippen LogP contribution in [0.2, 0.25) is 0 Å². The number of ether oxygens (including phenoxy) is 1. The molecule has 2 aromatic rings. The number of benzene rings is 2. The molecule has 0 N–H and O–H groups in total. The number of allylic oxidation sites excluding steroid dienone is 7. The molecule has 0 bridgehead atoms. The number of hydrogen-bond acceptors (Lipinski definition) is 3. The summed E-state index contributed by atoms with van der Waals surface area (Å²) in [7, 11) is 0. The van der Waals surface area contributed by atoms with E-state index in [2.05, 4.69) is 130 Å². The number of rotatable bonds is 9. The number of carbonyl (C=O) groups is 1. The fourth-order valence-electron chi connectivity index (χ4n) is 7.06. The van der Waals surface area contributed by atoms with Gasteiger partial charge < -0.3 is 9.64 Å². The zero-order valence-corrected chi connectivity index (χ0v) is 26.9. The summed E-state index contributed by atoms with van der Waals surface area (Å²) in [5.74, 6) is 0.256. The van der Waals surface area contributed by atoms with Gasteiger partial charge in [-0.05, 0) is 74.5 Å². The van der Waals surface area contributed by atoms with E-state index in [0.717, 1.165) is 56.3 Å². The Morgan fingerprint density at radius 2 is 1.65 bits per heavy atom. The molecule has 4 nitrogen and oxygen atoms in total. The normalized spacial score (nSPS) is 20.7. The molecule has 0 unspecified atom stereocenters. The molecule has 2 heterocycles. The lowest BCUT2D eigenvalue weighted by atomic mass is 9.81. The second-order valence-electron chi connectivity index (χ2n) is 12.9. The highest BCUT2D eigenvalue weighted by Gasteiger charge is 2.44. The van der Waals surface area contributed by atoms with Gasteiger partial charge in [0.2, 0.25) is 5.69 Å². The summed E-state index contributed by atoms with van der Waals surface area (Å²) in [6, 6.07) is 17.4. The fourth-order valence-corrected chi connectivity index (χ4v) is 7.06. The van der Waals surface area contributed by atoms with Crippen LogP contribution in [-0.2, 0) is 20.4 Å². The van der Waals surface area contributed by atoms with E-state index in [0.29, 0.717) is 5.76 Å². The minimum atomic E-state index is -0.420. The van der Waals surface area contributed by atoms with Crippen LogP contribution in [-0.4, -0.2) is 29.3 Å². The Kier molecular flexibility index (Phi) is 8.78. The van der Waals surface area contributed by atoms with Crippen molar-refractivity contribution in [1.82, 2.24) is 0 Å². The lowest BCUT2D eigenvalue weighted by Gasteiger charge is -2.27. The van der Waals surface area contributed by atoms with E-state index in [1.807, 2.05) is 0 Å². The van der Waals surface area contributed by atoms with Gasteiger partial charge in [-0.1, -0.05) is 76.7 Å². The molecular weight excluding hydrogens is 528 g/mol. The average molecular weight is 576 g/mol. The Hall–Kier alpha value is -3.92. The van der Waals surface area contributed by atoms with Crippen LogP contribution in [0, 0.1) is 0 Å². The molecule has 0 saturated carbocycles. The molecule has 5 rings (SSSR count). The van der Waals surface area contributed by atoms with Gasteiger partial charge in [-0.15, -0.1) is 0 Å². The van der Waals surface area contributed by atoms with Gasteiger partial charge in [0.25, 0.3) is 0 Å². The van der Waals surface area contributed by atoms with Gasteiger partial charge in [0.15, 0.2) is 5.71 Å². The second kappa shape index (κ2) is 12.4. The first kappa shape index (κ1) is 30.5. The predicted molar refractivity (Wildman–Crippen MR) is 179 cm³/mol. The van der Waals surface area contributed by atoms with Gasteiger partial charge in [0, 0.05) is 53.5 Å². The van der Waals surface area contributed by atoms with Gasteiger partial charge in [0.1, 0.15) is 12.3 Å². The fraction of sp³-hybridized carbons (Fsp3) is 0.385. The summed E-state index contributed by atoms with van der Waals surface area (Å²) in [6.45, 7) is 19.3. The van der Waals surface area contributed by atoms with E-state index in [-0.39, 0.29) is 10.8 Å². The maximum absolute atomic E-state index is 12.6. The maximum Gasteiger partial charge on any atom is 0.335 e. The van der Waals surface area contributed by atoms with Crippen LogP contribution < -0.4 is 4.90 Å². The van der Waals surface area contributed by atoms with Crippen LogP contribution in [0.5, 0.6) is 0 Å². The van der Waals surface area contributed by atoms with Crippen molar-refractivity contribution in [2.24, 2.45) is 0 Å². The SMILES string of the molecule is C=CC(=O)OC1=C(/C=C/C2=[N+](CCC)c3ccccc3C2(C)C)CCC/C1=C\C=C1\N(CCC)c2ccccc2C1(C)C. The number of esters is 1. The van der Waals surface area contributed by atoms with Crippen LogP contribution in [0.25, 0.3) is 0 Å². The largest absolute Gasteiger partial charge is 0.423 e. The molecule has 3 aliphatic rings. The monoisotopic (exact) mass is 575 g/mol. The Bertz CT molecular complexity index is 1580. The first-order valence-corrected chi connectivity index (χ1v) is 15.9. The molecule has 0 atom stereocenters. The van der Waals surface area contributed by atoms with Crippen LogP contribution in [0.1, 0.15) is 84.8 Å². The Morgan fingerprint density at radius 1 is 0.930 bits per heavy atom. The first-order valence-electron chi connectivity index (χ1n) is 15.9. The summed E-state index contributed by atoms with van der Waals surface area (Å²) in [5.41, 5.74) is 9.69. The summed E-state index contributed by atoms with van der Waals surface area (Å²) < 4.78 is 8.46. The number of fused-ring (bicyclic) bond motifs is 2. The topological polar surface area (TPSA) is 32.6 Å². The molecule has 224 valence electrons. The maximum atomic E-state index is 12.6. The third-order valence-electron chi connectivity index (χ3n) is 9.22. The number of hydrogen-bond donors (Lipinski definition) is 0. The first-order chi connectivity index (χ1) is 20.6. The lowest BCUT2D eigenvalue weighted by Crippen LogP contribution is -2.28. The van der Waals surface area contributed by atoms with Crippen LogP contribution in [0.15, 0.2) is 108 Å². The quantitative estimate of drug-likeness (QED) is 0.170. The summed E-state index contributed by atoms with van der Waals surface area (Å²) in [6.07, 6.45) is 15.0. The molecule has 0 spiro atoms. The van der Waals surface area contributed by atoms with Crippen molar-refractivity contribution in [2.45, 2.75) is 84.5 Å². The average Bonchev–Trinajstić information content (AvgIpc) is 3.34. The molecule has 4 heteroatoms. The highest BCUT2D eigenvalue weighted by atomic mass is 16.5. The van der Waals surface area contributed by atoms with Crippen molar-refractivity contribution in [1.29, 1.82) is 0 Å². The number of anilines is 1.